The minimum absolute atomic E-state index is 0.0881. The molecule has 2 atom stereocenters. The Morgan fingerprint density at radius 3 is 2.58 bits per heavy atom. The molecule has 0 spiro atoms. The first kappa shape index (κ1) is 15.5. The molecule has 4 heteroatoms. The fourth-order valence-corrected chi connectivity index (χ4v) is 2.06. The van der Waals surface area contributed by atoms with Crippen LogP contribution in [0.4, 0.5) is 0 Å². The molecule has 3 N–H and O–H groups in total. The highest BCUT2D eigenvalue weighted by Gasteiger charge is 2.16. The summed E-state index contributed by atoms with van der Waals surface area (Å²) in [4.78, 5) is 2.23. The van der Waals surface area contributed by atoms with Crippen LogP contribution in [0.5, 0.6) is 5.75 Å². The van der Waals surface area contributed by atoms with Gasteiger partial charge in [0, 0.05) is 18.5 Å². The Balaban J connectivity index is 2.63. The van der Waals surface area contributed by atoms with Gasteiger partial charge in [-0.25, -0.2) is 0 Å². The van der Waals surface area contributed by atoms with Crippen molar-refractivity contribution in [1.82, 2.24) is 4.90 Å². The Bertz CT molecular complexity index is 420. The molecule has 0 bridgehead atoms. The number of nitrogens with one attached hydrogen (secondary N) is 1. The van der Waals surface area contributed by atoms with Gasteiger partial charge in [0.1, 0.15) is 5.75 Å². The zero-order chi connectivity index (χ0) is 14.4. The molecule has 2 unspecified atom stereocenters. The zero-order valence-corrected chi connectivity index (χ0v) is 12.3. The molecule has 0 heterocycles. The number of ether oxygens (including phenoxy) is 1. The first-order valence-corrected chi connectivity index (χ1v) is 6.61. The lowest BCUT2D eigenvalue weighted by Gasteiger charge is -2.27. The van der Waals surface area contributed by atoms with Crippen molar-refractivity contribution in [3.05, 3.63) is 29.8 Å². The summed E-state index contributed by atoms with van der Waals surface area (Å²) in [7, 11) is 3.77. The third-order valence-electron chi connectivity index (χ3n) is 3.55. The standard InChI is InChI=1S/C15H25N3O/c1-11(15(16)17)10-18(3)12(2)9-13-7-5-6-8-14(13)19-4/h5-8,11-12H,9-10H2,1-4H3,(H3,16,17). The fraction of sp³-hybridized carbons (Fsp3) is 0.533. The minimum Gasteiger partial charge on any atom is -0.496 e. The van der Waals surface area contributed by atoms with Gasteiger partial charge in [0.05, 0.1) is 12.9 Å². The predicted molar refractivity (Wildman–Crippen MR) is 79.9 cm³/mol. The number of nitrogens with zero attached hydrogens (tertiary/aromatic N) is 1. The molecule has 4 nitrogen and oxygen atoms in total. The highest BCUT2D eigenvalue weighted by atomic mass is 16.5. The van der Waals surface area contributed by atoms with Crippen LogP contribution < -0.4 is 10.5 Å². The van der Waals surface area contributed by atoms with Crippen LogP contribution in [0.25, 0.3) is 0 Å². The molecule has 106 valence electrons. The van der Waals surface area contributed by atoms with Crippen LogP contribution in [0.3, 0.4) is 0 Å². The van der Waals surface area contributed by atoms with Crippen LogP contribution >= 0.6 is 0 Å². The molecule has 0 aromatic heterocycles. The summed E-state index contributed by atoms with van der Waals surface area (Å²) in [5.74, 6) is 1.27. The van der Waals surface area contributed by atoms with Gasteiger partial charge in [0.25, 0.3) is 0 Å². The Morgan fingerprint density at radius 1 is 1.37 bits per heavy atom. The molecule has 0 aliphatic carbocycles. The van der Waals surface area contributed by atoms with E-state index in [4.69, 9.17) is 15.9 Å². The number of nitrogens with two attached hydrogens (primary N) is 1. The number of likely N-dealkylation sites (N-methyl/N-ethyl adjacent to an activating group) is 1. The van der Waals surface area contributed by atoms with Crippen LogP contribution in [-0.4, -0.2) is 37.5 Å². The number of hydrogen-bond acceptors (Lipinski definition) is 3. The summed E-state index contributed by atoms with van der Waals surface area (Å²) < 4.78 is 5.37. The van der Waals surface area contributed by atoms with Crippen molar-refractivity contribution in [1.29, 1.82) is 5.41 Å². The molecule has 1 rings (SSSR count). The molecule has 19 heavy (non-hydrogen) atoms. The molecule has 0 radical (unpaired) electrons. The number of methoxy groups -OCH3 is 1. The zero-order valence-electron chi connectivity index (χ0n) is 12.3. The van der Waals surface area contributed by atoms with Gasteiger partial charge in [-0.3, -0.25) is 5.41 Å². The van der Waals surface area contributed by atoms with E-state index in [1.165, 1.54) is 5.56 Å². The Morgan fingerprint density at radius 2 is 2.00 bits per heavy atom. The topological polar surface area (TPSA) is 62.3 Å². The van der Waals surface area contributed by atoms with E-state index in [-0.39, 0.29) is 11.8 Å². The van der Waals surface area contributed by atoms with Crippen molar-refractivity contribution in [2.75, 3.05) is 20.7 Å². The second-order valence-electron chi connectivity index (χ2n) is 5.16. The summed E-state index contributed by atoms with van der Waals surface area (Å²) in [5.41, 5.74) is 6.73. The van der Waals surface area contributed by atoms with E-state index in [1.807, 2.05) is 25.1 Å². The van der Waals surface area contributed by atoms with E-state index in [1.54, 1.807) is 7.11 Å². The average molecular weight is 263 g/mol. The van der Waals surface area contributed by atoms with E-state index >= 15 is 0 Å². The quantitative estimate of drug-likeness (QED) is 0.585. The van der Waals surface area contributed by atoms with E-state index in [9.17, 15) is 0 Å². The number of hydrogen-bond donors (Lipinski definition) is 2. The molecule has 0 amide bonds. The van der Waals surface area contributed by atoms with E-state index < -0.39 is 0 Å². The van der Waals surface area contributed by atoms with Gasteiger partial charge < -0.3 is 15.4 Å². The smallest absolute Gasteiger partial charge is 0.122 e. The summed E-state index contributed by atoms with van der Waals surface area (Å²) in [6.45, 7) is 4.96. The molecule has 0 aliphatic heterocycles. The summed E-state index contributed by atoms with van der Waals surface area (Å²) in [5, 5.41) is 7.45. The number of benzene rings is 1. The molecule has 0 saturated carbocycles. The number of rotatable bonds is 7. The Labute approximate surface area is 116 Å². The van der Waals surface area contributed by atoms with Crippen molar-refractivity contribution in [2.45, 2.75) is 26.3 Å². The van der Waals surface area contributed by atoms with Crippen LogP contribution in [-0.2, 0) is 6.42 Å². The van der Waals surface area contributed by atoms with Gasteiger partial charge in [-0.2, -0.15) is 0 Å². The number of amidine groups is 1. The molecular formula is C15H25N3O. The Hall–Kier alpha value is -1.55. The maximum Gasteiger partial charge on any atom is 0.122 e. The third-order valence-corrected chi connectivity index (χ3v) is 3.55. The summed E-state index contributed by atoms with van der Waals surface area (Å²) in [6.07, 6.45) is 0.922. The van der Waals surface area contributed by atoms with E-state index in [0.717, 1.165) is 18.7 Å². The predicted octanol–water partition coefficient (Wildman–Crippen LogP) is 2.13. The van der Waals surface area contributed by atoms with Gasteiger partial charge in [-0.05, 0) is 32.0 Å². The van der Waals surface area contributed by atoms with Crippen molar-refractivity contribution in [2.24, 2.45) is 11.7 Å². The fourth-order valence-electron chi connectivity index (χ4n) is 2.06. The largest absolute Gasteiger partial charge is 0.496 e. The second-order valence-corrected chi connectivity index (χ2v) is 5.16. The van der Waals surface area contributed by atoms with Crippen molar-refractivity contribution in [3.63, 3.8) is 0 Å². The monoisotopic (exact) mass is 263 g/mol. The molecular weight excluding hydrogens is 238 g/mol. The highest BCUT2D eigenvalue weighted by molar-refractivity contribution is 5.79. The van der Waals surface area contributed by atoms with Gasteiger partial charge in [0.2, 0.25) is 0 Å². The lowest BCUT2D eigenvalue weighted by atomic mass is 10.0. The highest BCUT2D eigenvalue weighted by Crippen LogP contribution is 2.20. The third kappa shape index (κ3) is 4.56. The molecule has 0 saturated heterocycles. The van der Waals surface area contributed by atoms with Crippen molar-refractivity contribution >= 4 is 5.84 Å². The minimum atomic E-state index is 0.0881. The van der Waals surface area contributed by atoms with E-state index in [0.29, 0.717) is 6.04 Å². The van der Waals surface area contributed by atoms with Crippen LogP contribution in [0, 0.1) is 11.3 Å². The first-order valence-electron chi connectivity index (χ1n) is 6.61. The molecule has 1 aromatic carbocycles. The normalized spacial score (nSPS) is 14.2. The Kier molecular flexibility index (Phi) is 5.83. The summed E-state index contributed by atoms with van der Waals surface area (Å²) in [6, 6.07) is 8.47. The second kappa shape index (κ2) is 7.14. The van der Waals surface area contributed by atoms with Gasteiger partial charge in [-0.15, -0.1) is 0 Å². The maximum atomic E-state index is 7.45. The SMILES string of the molecule is COc1ccccc1CC(C)N(C)CC(C)C(=N)N. The van der Waals surface area contributed by atoms with Crippen LogP contribution in [0.1, 0.15) is 19.4 Å². The molecule has 0 fully saturated rings. The lowest BCUT2D eigenvalue weighted by molar-refractivity contribution is 0.240. The van der Waals surface area contributed by atoms with Gasteiger partial charge >= 0.3 is 0 Å². The van der Waals surface area contributed by atoms with Crippen molar-refractivity contribution in [3.8, 4) is 5.75 Å². The number of para-hydroxylation sites is 1. The van der Waals surface area contributed by atoms with E-state index in [2.05, 4.69) is 24.9 Å². The lowest BCUT2D eigenvalue weighted by Crippen LogP contribution is -2.38. The molecule has 1 aromatic rings. The average Bonchev–Trinajstić information content (AvgIpc) is 2.38. The van der Waals surface area contributed by atoms with Gasteiger partial charge in [-0.1, -0.05) is 25.1 Å². The van der Waals surface area contributed by atoms with Gasteiger partial charge in [0.15, 0.2) is 0 Å². The van der Waals surface area contributed by atoms with Crippen LogP contribution in [0.15, 0.2) is 24.3 Å². The molecule has 0 aliphatic rings. The van der Waals surface area contributed by atoms with Crippen molar-refractivity contribution < 1.29 is 4.74 Å². The maximum absolute atomic E-state index is 7.45. The van der Waals surface area contributed by atoms with Crippen LogP contribution in [0.2, 0.25) is 0 Å². The first-order chi connectivity index (χ1) is 8.95. The summed E-state index contributed by atoms with van der Waals surface area (Å²) >= 11 is 0.